The maximum Gasteiger partial charge on any atom is 0.408 e. The standard InChI is InChI=1S/C29H39N3O5/c1-18(2)30-26(34)25(21-14-10-11-15-24(21)33)32(23-16-19(23)3)27(35)22(17-20-12-8-7-9-13-20)31-28(36)37-29(4,5)6/h7-15,18-19,22-23,25,33H,16-17H2,1-6H3,(H,30,34)(H,31,36). The van der Waals surface area contributed by atoms with Crippen LogP contribution in [0.1, 0.15) is 65.1 Å². The molecular formula is C29H39N3O5. The second kappa shape index (κ2) is 11.7. The molecule has 1 saturated carbocycles. The summed E-state index contributed by atoms with van der Waals surface area (Å²) in [6.45, 7) is 11.0. The van der Waals surface area contributed by atoms with Crippen LogP contribution < -0.4 is 10.6 Å². The zero-order chi connectivity index (χ0) is 27.3. The van der Waals surface area contributed by atoms with E-state index in [-0.39, 0.29) is 36.1 Å². The molecule has 0 saturated heterocycles. The molecule has 0 spiro atoms. The van der Waals surface area contributed by atoms with Gasteiger partial charge in [0.1, 0.15) is 23.4 Å². The quantitative estimate of drug-likeness (QED) is 0.466. The van der Waals surface area contributed by atoms with Crippen LogP contribution in [0, 0.1) is 5.92 Å². The first-order valence-corrected chi connectivity index (χ1v) is 12.8. The SMILES string of the molecule is CC(C)NC(=O)C(c1ccccc1O)N(C(=O)C(Cc1ccccc1)NC(=O)OC(C)(C)C)C1CC1C. The minimum Gasteiger partial charge on any atom is -0.508 e. The largest absolute Gasteiger partial charge is 0.508 e. The Morgan fingerprint density at radius 1 is 1.03 bits per heavy atom. The van der Waals surface area contributed by atoms with Gasteiger partial charge >= 0.3 is 6.09 Å². The van der Waals surface area contributed by atoms with Crippen molar-refractivity contribution in [3.63, 3.8) is 0 Å². The Morgan fingerprint density at radius 2 is 1.62 bits per heavy atom. The van der Waals surface area contributed by atoms with E-state index in [0.717, 1.165) is 12.0 Å². The highest BCUT2D eigenvalue weighted by Crippen LogP contribution is 2.42. The molecule has 0 heterocycles. The molecule has 0 aliphatic heterocycles. The van der Waals surface area contributed by atoms with E-state index < -0.39 is 29.7 Å². The number of amides is 3. The summed E-state index contributed by atoms with van der Waals surface area (Å²) in [6.07, 6.45) is 0.224. The van der Waals surface area contributed by atoms with Crippen LogP contribution in [0.5, 0.6) is 5.75 Å². The number of aromatic hydroxyl groups is 1. The zero-order valence-corrected chi connectivity index (χ0v) is 22.5. The number of para-hydroxylation sites is 1. The maximum absolute atomic E-state index is 14.3. The van der Waals surface area contributed by atoms with E-state index in [9.17, 15) is 19.5 Å². The summed E-state index contributed by atoms with van der Waals surface area (Å²) in [6, 6.07) is 13.5. The van der Waals surface area contributed by atoms with Crippen LogP contribution in [0.3, 0.4) is 0 Å². The number of carbonyl (C=O) groups is 3. The van der Waals surface area contributed by atoms with E-state index in [1.807, 2.05) is 51.1 Å². The van der Waals surface area contributed by atoms with Crippen LogP contribution in [0.25, 0.3) is 0 Å². The van der Waals surface area contributed by atoms with Crippen molar-refractivity contribution in [3.05, 3.63) is 65.7 Å². The van der Waals surface area contributed by atoms with E-state index in [1.54, 1.807) is 43.9 Å². The van der Waals surface area contributed by atoms with Crippen LogP contribution in [0.2, 0.25) is 0 Å². The van der Waals surface area contributed by atoms with Crippen LogP contribution >= 0.6 is 0 Å². The Hall–Kier alpha value is -3.55. The number of phenols is 1. The molecule has 37 heavy (non-hydrogen) atoms. The second-order valence-corrected chi connectivity index (χ2v) is 11.0. The molecule has 0 aromatic heterocycles. The smallest absolute Gasteiger partial charge is 0.408 e. The summed E-state index contributed by atoms with van der Waals surface area (Å²) in [4.78, 5) is 42.2. The van der Waals surface area contributed by atoms with Crippen molar-refractivity contribution in [2.24, 2.45) is 5.92 Å². The van der Waals surface area contributed by atoms with Gasteiger partial charge < -0.3 is 25.4 Å². The van der Waals surface area contributed by atoms with E-state index in [2.05, 4.69) is 10.6 Å². The highest BCUT2D eigenvalue weighted by Gasteiger charge is 2.48. The minimum atomic E-state index is -1.07. The molecule has 0 bridgehead atoms. The fraction of sp³-hybridized carbons (Fsp3) is 0.483. The zero-order valence-electron chi connectivity index (χ0n) is 22.5. The van der Waals surface area contributed by atoms with Gasteiger partial charge in [-0.2, -0.15) is 0 Å². The van der Waals surface area contributed by atoms with E-state index >= 15 is 0 Å². The van der Waals surface area contributed by atoms with Gasteiger partial charge in [-0.1, -0.05) is 55.5 Å². The Balaban J connectivity index is 2.04. The normalized spacial score (nSPS) is 18.5. The van der Waals surface area contributed by atoms with Gasteiger partial charge in [-0.25, -0.2) is 4.79 Å². The van der Waals surface area contributed by atoms with Crippen molar-refractivity contribution in [1.82, 2.24) is 15.5 Å². The number of nitrogens with one attached hydrogen (secondary N) is 2. The van der Waals surface area contributed by atoms with Gasteiger partial charge in [-0.05, 0) is 58.6 Å². The average Bonchev–Trinajstić information content (AvgIpc) is 3.52. The van der Waals surface area contributed by atoms with E-state index in [0.29, 0.717) is 5.56 Å². The molecule has 3 N–H and O–H groups in total. The number of phenolic OH excluding ortho intramolecular Hbond substituents is 1. The van der Waals surface area contributed by atoms with Crippen LogP contribution in [-0.2, 0) is 20.7 Å². The first-order valence-electron chi connectivity index (χ1n) is 12.8. The number of nitrogens with zero attached hydrogens (tertiary/aromatic N) is 1. The lowest BCUT2D eigenvalue weighted by atomic mass is 9.99. The number of benzene rings is 2. The summed E-state index contributed by atoms with van der Waals surface area (Å²) in [5.41, 5.74) is 0.445. The van der Waals surface area contributed by atoms with Crippen molar-refractivity contribution >= 4 is 17.9 Å². The van der Waals surface area contributed by atoms with Gasteiger partial charge in [0.2, 0.25) is 11.8 Å². The Kier molecular flexibility index (Phi) is 8.84. The van der Waals surface area contributed by atoms with Crippen molar-refractivity contribution < 1.29 is 24.2 Å². The molecule has 2 aromatic rings. The van der Waals surface area contributed by atoms with Gasteiger partial charge in [0.15, 0.2) is 0 Å². The summed E-state index contributed by atoms with van der Waals surface area (Å²) >= 11 is 0. The number of alkyl carbamates (subject to hydrolysis) is 1. The Morgan fingerprint density at radius 3 is 2.16 bits per heavy atom. The first kappa shape index (κ1) is 28.0. The molecule has 2 aromatic carbocycles. The molecule has 4 atom stereocenters. The maximum atomic E-state index is 14.3. The molecule has 3 amide bonds. The number of ether oxygens (including phenoxy) is 1. The van der Waals surface area contributed by atoms with E-state index in [4.69, 9.17) is 4.74 Å². The molecule has 0 radical (unpaired) electrons. The summed E-state index contributed by atoms with van der Waals surface area (Å²) < 4.78 is 5.46. The van der Waals surface area contributed by atoms with Gasteiger partial charge in [-0.3, -0.25) is 9.59 Å². The molecule has 1 fully saturated rings. The average molecular weight is 510 g/mol. The molecule has 3 rings (SSSR count). The monoisotopic (exact) mass is 509 g/mol. The third-order valence-electron chi connectivity index (χ3n) is 6.14. The molecular weight excluding hydrogens is 470 g/mol. The Labute approximate surface area is 219 Å². The van der Waals surface area contributed by atoms with Crippen molar-refractivity contribution in [1.29, 1.82) is 0 Å². The lowest BCUT2D eigenvalue weighted by Crippen LogP contribution is -2.55. The number of rotatable bonds is 9. The minimum absolute atomic E-state index is 0.0720. The molecule has 8 nitrogen and oxygen atoms in total. The summed E-state index contributed by atoms with van der Waals surface area (Å²) in [5.74, 6) is -0.698. The summed E-state index contributed by atoms with van der Waals surface area (Å²) in [7, 11) is 0. The number of carbonyl (C=O) groups excluding carboxylic acids is 3. The van der Waals surface area contributed by atoms with Gasteiger partial charge in [0.05, 0.1) is 0 Å². The van der Waals surface area contributed by atoms with Gasteiger partial charge in [-0.15, -0.1) is 0 Å². The molecule has 1 aliphatic rings. The predicted molar refractivity (Wildman–Crippen MR) is 142 cm³/mol. The van der Waals surface area contributed by atoms with Gasteiger partial charge in [0.25, 0.3) is 0 Å². The van der Waals surface area contributed by atoms with Gasteiger partial charge in [0, 0.05) is 24.1 Å². The Bertz CT molecular complexity index is 1100. The molecule has 200 valence electrons. The predicted octanol–water partition coefficient (Wildman–Crippen LogP) is 4.33. The lowest BCUT2D eigenvalue weighted by Gasteiger charge is -2.35. The topological polar surface area (TPSA) is 108 Å². The highest BCUT2D eigenvalue weighted by molar-refractivity contribution is 5.93. The van der Waals surface area contributed by atoms with Crippen LogP contribution in [-0.4, -0.2) is 51.6 Å². The molecule has 1 aliphatic carbocycles. The number of hydrogen-bond donors (Lipinski definition) is 3. The number of hydrogen-bond acceptors (Lipinski definition) is 5. The third kappa shape index (κ3) is 7.71. The van der Waals surface area contributed by atoms with Crippen LogP contribution in [0.15, 0.2) is 54.6 Å². The second-order valence-electron chi connectivity index (χ2n) is 11.0. The van der Waals surface area contributed by atoms with E-state index in [1.165, 1.54) is 6.07 Å². The van der Waals surface area contributed by atoms with Crippen molar-refractivity contribution in [2.45, 2.75) is 84.2 Å². The van der Waals surface area contributed by atoms with Crippen molar-refractivity contribution in [2.75, 3.05) is 0 Å². The summed E-state index contributed by atoms with van der Waals surface area (Å²) in [5, 5.41) is 16.4. The fourth-order valence-corrected chi connectivity index (χ4v) is 4.35. The van der Waals surface area contributed by atoms with Crippen LogP contribution in [0.4, 0.5) is 4.79 Å². The highest BCUT2D eigenvalue weighted by atomic mass is 16.6. The molecule has 8 heteroatoms. The van der Waals surface area contributed by atoms with Crippen molar-refractivity contribution in [3.8, 4) is 5.75 Å². The third-order valence-corrected chi connectivity index (χ3v) is 6.14. The lowest BCUT2D eigenvalue weighted by molar-refractivity contribution is -0.143. The first-order chi connectivity index (χ1) is 17.4. The molecule has 4 unspecified atom stereocenters. The fourth-order valence-electron chi connectivity index (χ4n) is 4.35.